The van der Waals surface area contributed by atoms with Gasteiger partial charge < -0.3 is 10.4 Å². The van der Waals surface area contributed by atoms with Crippen molar-refractivity contribution in [3.8, 4) is 0 Å². The molecule has 5 heteroatoms. The number of benzene rings is 1. The number of rotatable bonds is 4. The summed E-state index contributed by atoms with van der Waals surface area (Å²) < 4.78 is 0.856. The lowest BCUT2D eigenvalue weighted by Crippen LogP contribution is -2.29. The molecule has 17 heavy (non-hydrogen) atoms. The lowest BCUT2D eigenvalue weighted by atomic mass is 9.95. The van der Waals surface area contributed by atoms with Crippen LogP contribution in [0.15, 0.2) is 28.7 Å². The van der Waals surface area contributed by atoms with Crippen molar-refractivity contribution in [3.63, 3.8) is 0 Å². The van der Waals surface area contributed by atoms with Gasteiger partial charge in [-0.1, -0.05) is 35.8 Å². The molecule has 0 saturated heterocycles. The maximum atomic E-state index is 11.8. The third-order valence-corrected chi connectivity index (χ3v) is 3.14. The fourth-order valence-corrected chi connectivity index (χ4v) is 1.66. The van der Waals surface area contributed by atoms with E-state index in [2.05, 4.69) is 21.2 Å². The van der Waals surface area contributed by atoms with Gasteiger partial charge in [0, 0.05) is 16.1 Å². The molecule has 2 unspecified atom stereocenters. The minimum absolute atomic E-state index is 0.294. The molecule has 0 fully saturated rings. The number of carbonyl (C=O) groups excluding carboxylic acids is 1. The van der Waals surface area contributed by atoms with Gasteiger partial charge in [-0.2, -0.15) is 0 Å². The highest BCUT2D eigenvalue weighted by atomic mass is 79.9. The lowest BCUT2D eigenvalue weighted by molar-refractivity contribution is -0.145. The highest BCUT2D eigenvalue weighted by Gasteiger charge is 2.25. The minimum Gasteiger partial charge on any atom is -0.481 e. The molecule has 0 bridgehead atoms. The Morgan fingerprint density at radius 2 is 1.94 bits per heavy atom. The molecular weight excluding hydrogens is 286 g/mol. The summed E-state index contributed by atoms with van der Waals surface area (Å²) >= 11 is 3.30. The smallest absolute Gasteiger partial charge is 0.307 e. The Morgan fingerprint density at radius 3 is 2.47 bits per heavy atom. The first-order valence-corrected chi connectivity index (χ1v) is 6.00. The highest BCUT2D eigenvalue weighted by Crippen LogP contribution is 2.18. The Bertz CT molecular complexity index is 434. The maximum Gasteiger partial charge on any atom is 0.307 e. The average Bonchev–Trinajstić information content (AvgIpc) is 2.26. The van der Waals surface area contributed by atoms with E-state index in [-0.39, 0.29) is 5.91 Å². The first-order chi connectivity index (χ1) is 7.91. The van der Waals surface area contributed by atoms with Gasteiger partial charge in [0.25, 0.3) is 0 Å². The maximum absolute atomic E-state index is 11.8. The van der Waals surface area contributed by atoms with Crippen LogP contribution >= 0.6 is 15.9 Å². The highest BCUT2D eigenvalue weighted by molar-refractivity contribution is 9.10. The largest absolute Gasteiger partial charge is 0.481 e. The van der Waals surface area contributed by atoms with Crippen molar-refractivity contribution >= 4 is 33.5 Å². The van der Waals surface area contributed by atoms with Crippen LogP contribution in [0.25, 0.3) is 0 Å². The molecular formula is C12H14BrNO3. The number of anilines is 1. The van der Waals surface area contributed by atoms with Gasteiger partial charge in [-0.15, -0.1) is 0 Å². The molecule has 92 valence electrons. The number of halogens is 1. The number of carbonyl (C=O) groups is 2. The van der Waals surface area contributed by atoms with Crippen molar-refractivity contribution in [2.45, 2.75) is 13.8 Å². The molecule has 0 radical (unpaired) electrons. The zero-order chi connectivity index (χ0) is 13.0. The molecule has 0 aliphatic rings. The van der Waals surface area contributed by atoms with E-state index in [1.165, 1.54) is 6.92 Å². The zero-order valence-electron chi connectivity index (χ0n) is 9.61. The van der Waals surface area contributed by atoms with Crippen molar-refractivity contribution in [3.05, 3.63) is 28.7 Å². The molecule has 2 N–H and O–H groups in total. The Hall–Kier alpha value is -1.36. The summed E-state index contributed by atoms with van der Waals surface area (Å²) in [5.41, 5.74) is 0.647. The lowest BCUT2D eigenvalue weighted by Gasteiger charge is -2.15. The molecule has 0 spiro atoms. The van der Waals surface area contributed by atoms with Gasteiger partial charge in [0.2, 0.25) is 5.91 Å². The number of carboxylic acid groups (broad SMARTS) is 1. The number of hydrogen-bond acceptors (Lipinski definition) is 2. The van der Waals surface area contributed by atoms with Crippen LogP contribution in [0.4, 0.5) is 5.69 Å². The van der Waals surface area contributed by atoms with E-state index in [1.807, 2.05) is 6.07 Å². The van der Waals surface area contributed by atoms with E-state index >= 15 is 0 Å². The predicted molar refractivity (Wildman–Crippen MR) is 68.7 cm³/mol. The summed E-state index contributed by atoms with van der Waals surface area (Å²) in [6.07, 6.45) is 0. The van der Waals surface area contributed by atoms with Gasteiger partial charge in [-0.3, -0.25) is 9.59 Å². The molecule has 4 nitrogen and oxygen atoms in total. The molecule has 0 aliphatic carbocycles. The molecule has 0 heterocycles. The van der Waals surface area contributed by atoms with Gasteiger partial charge in [0.1, 0.15) is 0 Å². The van der Waals surface area contributed by atoms with Crippen LogP contribution < -0.4 is 5.32 Å². The summed E-state index contributed by atoms with van der Waals surface area (Å²) in [4.78, 5) is 22.5. The van der Waals surface area contributed by atoms with Crippen molar-refractivity contribution in [2.75, 3.05) is 5.32 Å². The van der Waals surface area contributed by atoms with E-state index < -0.39 is 17.8 Å². The van der Waals surface area contributed by atoms with Crippen LogP contribution in [0, 0.1) is 11.8 Å². The SMILES string of the molecule is CC(C(=O)O)C(C)C(=O)Nc1cccc(Br)c1. The Kier molecular flexibility index (Phi) is 4.69. The predicted octanol–water partition coefficient (Wildman–Crippen LogP) is 2.74. The van der Waals surface area contributed by atoms with Gasteiger partial charge in [-0.25, -0.2) is 0 Å². The summed E-state index contributed by atoms with van der Waals surface area (Å²) in [6, 6.07) is 7.15. The fraction of sp³-hybridized carbons (Fsp3) is 0.333. The van der Waals surface area contributed by atoms with Crippen LogP contribution in [-0.2, 0) is 9.59 Å². The monoisotopic (exact) mass is 299 g/mol. The van der Waals surface area contributed by atoms with E-state index in [0.717, 1.165) is 4.47 Å². The number of aliphatic carboxylic acids is 1. The summed E-state index contributed by atoms with van der Waals surface area (Å²) in [5, 5.41) is 11.5. The molecule has 0 aromatic heterocycles. The molecule has 1 amide bonds. The second-order valence-electron chi connectivity index (χ2n) is 3.92. The molecule has 1 aromatic rings. The summed E-state index contributed by atoms with van der Waals surface area (Å²) in [6.45, 7) is 3.12. The summed E-state index contributed by atoms with van der Waals surface area (Å²) in [7, 11) is 0. The van der Waals surface area contributed by atoms with Crippen LogP contribution in [0.5, 0.6) is 0 Å². The quantitative estimate of drug-likeness (QED) is 0.898. The van der Waals surface area contributed by atoms with Crippen molar-refractivity contribution in [1.82, 2.24) is 0 Å². The van der Waals surface area contributed by atoms with E-state index in [9.17, 15) is 9.59 Å². The molecule has 0 aliphatic heterocycles. The standard InChI is InChI=1S/C12H14BrNO3/c1-7(8(2)12(16)17)11(15)14-10-5-3-4-9(13)6-10/h3-8H,1-2H3,(H,14,15)(H,16,17). The first kappa shape index (κ1) is 13.7. The zero-order valence-corrected chi connectivity index (χ0v) is 11.2. The Balaban J connectivity index is 2.69. The van der Waals surface area contributed by atoms with E-state index in [1.54, 1.807) is 25.1 Å². The Morgan fingerprint density at radius 1 is 1.29 bits per heavy atom. The molecule has 1 rings (SSSR count). The van der Waals surface area contributed by atoms with Crippen molar-refractivity contribution in [2.24, 2.45) is 11.8 Å². The van der Waals surface area contributed by atoms with E-state index in [4.69, 9.17) is 5.11 Å². The molecule has 0 saturated carbocycles. The molecule has 2 atom stereocenters. The van der Waals surface area contributed by atoms with Crippen LogP contribution in [0.2, 0.25) is 0 Å². The first-order valence-electron chi connectivity index (χ1n) is 5.21. The van der Waals surface area contributed by atoms with Crippen LogP contribution in [0.1, 0.15) is 13.8 Å². The topological polar surface area (TPSA) is 66.4 Å². The molecule has 1 aromatic carbocycles. The minimum atomic E-state index is -0.970. The van der Waals surface area contributed by atoms with Crippen LogP contribution in [-0.4, -0.2) is 17.0 Å². The average molecular weight is 300 g/mol. The number of hydrogen-bond donors (Lipinski definition) is 2. The second kappa shape index (κ2) is 5.82. The second-order valence-corrected chi connectivity index (χ2v) is 4.83. The van der Waals surface area contributed by atoms with Crippen LogP contribution in [0.3, 0.4) is 0 Å². The summed E-state index contributed by atoms with van der Waals surface area (Å²) in [5.74, 6) is -2.55. The van der Waals surface area contributed by atoms with Gasteiger partial charge in [0.05, 0.1) is 5.92 Å². The number of amides is 1. The van der Waals surface area contributed by atoms with Crippen molar-refractivity contribution in [1.29, 1.82) is 0 Å². The van der Waals surface area contributed by atoms with E-state index in [0.29, 0.717) is 5.69 Å². The number of nitrogens with one attached hydrogen (secondary N) is 1. The fourth-order valence-electron chi connectivity index (χ4n) is 1.26. The normalized spacial score (nSPS) is 13.8. The van der Waals surface area contributed by atoms with Gasteiger partial charge >= 0.3 is 5.97 Å². The van der Waals surface area contributed by atoms with Gasteiger partial charge in [0.15, 0.2) is 0 Å². The van der Waals surface area contributed by atoms with Crippen molar-refractivity contribution < 1.29 is 14.7 Å². The van der Waals surface area contributed by atoms with Gasteiger partial charge in [-0.05, 0) is 18.2 Å². The number of carboxylic acids is 1. The third-order valence-electron chi connectivity index (χ3n) is 2.65. The Labute approximate surface area is 108 Å². The third kappa shape index (κ3) is 3.85.